The van der Waals surface area contributed by atoms with Crippen LogP contribution in [0.25, 0.3) is 33.2 Å². The Labute approximate surface area is 174 Å². The van der Waals surface area contributed by atoms with Crippen molar-refractivity contribution in [2.24, 2.45) is 0 Å². The van der Waals surface area contributed by atoms with Gasteiger partial charge in [-0.3, -0.25) is 4.98 Å². The van der Waals surface area contributed by atoms with Crippen LogP contribution in [-0.4, -0.2) is 9.97 Å². The van der Waals surface area contributed by atoms with Gasteiger partial charge in [0.05, 0.1) is 11.2 Å². The Morgan fingerprint density at radius 3 is 1.79 bits per heavy atom. The van der Waals surface area contributed by atoms with E-state index < -0.39 is 0 Å². The maximum absolute atomic E-state index is 4.96. The van der Waals surface area contributed by atoms with Gasteiger partial charge in [-0.15, -0.1) is 0 Å². The normalized spacial score (nSPS) is 11.7. The van der Waals surface area contributed by atoms with Crippen LogP contribution in [0.5, 0.6) is 0 Å². The highest BCUT2D eigenvalue weighted by Gasteiger charge is 2.23. The van der Waals surface area contributed by atoms with Gasteiger partial charge >= 0.3 is 0 Å². The first-order valence-corrected chi connectivity index (χ1v) is 10.5. The van der Waals surface area contributed by atoms with Crippen LogP contribution in [-0.2, 0) is 0 Å². The van der Waals surface area contributed by atoms with Crippen molar-refractivity contribution in [2.45, 2.75) is 53.4 Å². The molecule has 0 unspecified atom stereocenters. The zero-order valence-corrected chi connectivity index (χ0v) is 18.3. The lowest BCUT2D eigenvalue weighted by molar-refractivity contribution is 0.834. The molecule has 0 fully saturated rings. The number of benzene rings is 2. The second-order valence-corrected chi connectivity index (χ2v) is 8.76. The second kappa shape index (κ2) is 7.51. The molecule has 0 saturated heterocycles. The Morgan fingerprint density at radius 1 is 0.724 bits per heavy atom. The molecule has 0 aliphatic rings. The van der Waals surface area contributed by atoms with Gasteiger partial charge in [0.15, 0.2) is 0 Å². The van der Waals surface area contributed by atoms with E-state index in [9.17, 15) is 0 Å². The largest absolute Gasteiger partial charge is 0.357 e. The molecule has 0 amide bonds. The number of aromatic nitrogens is 2. The highest BCUT2D eigenvalue weighted by atomic mass is 14.8. The van der Waals surface area contributed by atoms with E-state index >= 15 is 0 Å². The summed E-state index contributed by atoms with van der Waals surface area (Å²) in [6, 6.07) is 17.6. The van der Waals surface area contributed by atoms with Gasteiger partial charge in [-0.25, -0.2) is 0 Å². The highest BCUT2D eigenvalue weighted by molar-refractivity contribution is 6.05. The Morgan fingerprint density at radius 2 is 1.28 bits per heavy atom. The van der Waals surface area contributed by atoms with Crippen LogP contribution >= 0.6 is 0 Å². The summed E-state index contributed by atoms with van der Waals surface area (Å²) in [4.78, 5) is 8.78. The smallest absolute Gasteiger partial charge is 0.0576 e. The second-order valence-electron chi connectivity index (χ2n) is 8.76. The van der Waals surface area contributed by atoms with Crippen LogP contribution in [0.1, 0.15) is 62.0 Å². The molecule has 2 heteroatoms. The molecule has 4 aromatic rings. The van der Waals surface area contributed by atoms with E-state index in [1.807, 2.05) is 6.20 Å². The molecule has 2 nitrogen and oxygen atoms in total. The highest BCUT2D eigenvalue weighted by Crippen LogP contribution is 2.42. The topological polar surface area (TPSA) is 28.7 Å². The predicted molar refractivity (Wildman–Crippen MR) is 125 cm³/mol. The van der Waals surface area contributed by atoms with Crippen LogP contribution in [0.3, 0.4) is 0 Å². The molecule has 0 atom stereocenters. The third-order valence-corrected chi connectivity index (χ3v) is 5.71. The van der Waals surface area contributed by atoms with Crippen molar-refractivity contribution >= 4 is 10.9 Å². The number of hydrogen-bond acceptors (Lipinski definition) is 1. The van der Waals surface area contributed by atoms with Gasteiger partial charge < -0.3 is 4.98 Å². The number of rotatable bonds is 4. The quantitative estimate of drug-likeness (QED) is 0.384. The fourth-order valence-electron chi connectivity index (χ4n) is 4.08. The minimum Gasteiger partial charge on any atom is -0.357 e. The van der Waals surface area contributed by atoms with E-state index in [1.54, 1.807) is 0 Å². The summed E-state index contributed by atoms with van der Waals surface area (Å²) in [7, 11) is 0. The first kappa shape index (κ1) is 19.4. The number of pyridine rings is 1. The van der Waals surface area contributed by atoms with E-state index in [1.165, 1.54) is 50.0 Å². The van der Waals surface area contributed by atoms with Crippen LogP contribution in [0.2, 0.25) is 0 Å². The minimum atomic E-state index is 0.351. The van der Waals surface area contributed by atoms with E-state index in [2.05, 4.69) is 95.1 Å². The Balaban J connectivity index is 2.10. The van der Waals surface area contributed by atoms with Gasteiger partial charge in [0, 0.05) is 28.4 Å². The lowest BCUT2D eigenvalue weighted by Crippen LogP contribution is -1.96. The zero-order chi connectivity index (χ0) is 20.7. The van der Waals surface area contributed by atoms with Crippen molar-refractivity contribution in [3.05, 3.63) is 77.2 Å². The van der Waals surface area contributed by atoms with Gasteiger partial charge in [0.1, 0.15) is 0 Å². The van der Waals surface area contributed by atoms with Crippen molar-refractivity contribution < 1.29 is 0 Å². The third-order valence-electron chi connectivity index (χ3n) is 5.71. The van der Waals surface area contributed by atoms with E-state index in [0.717, 1.165) is 5.69 Å². The van der Waals surface area contributed by atoms with Crippen LogP contribution < -0.4 is 0 Å². The molecule has 0 bridgehead atoms. The summed E-state index contributed by atoms with van der Waals surface area (Å²) in [6.45, 7) is 13.2. The van der Waals surface area contributed by atoms with Gasteiger partial charge in [0.25, 0.3) is 0 Å². The molecule has 0 spiro atoms. The Hall–Kier alpha value is -2.87. The van der Waals surface area contributed by atoms with Gasteiger partial charge in [-0.1, -0.05) is 87.4 Å². The summed E-state index contributed by atoms with van der Waals surface area (Å²) < 4.78 is 0. The minimum absolute atomic E-state index is 0.351. The van der Waals surface area contributed by atoms with Gasteiger partial charge in [0.2, 0.25) is 0 Å². The Kier molecular flexibility index (Phi) is 5.04. The molecular formula is C27H30N2. The first-order chi connectivity index (χ1) is 13.9. The fourth-order valence-corrected chi connectivity index (χ4v) is 4.08. The maximum Gasteiger partial charge on any atom is 0.0576 e. The van der Waals surface area contributed by atoms with Crippen LogP contribution in [0, 0.1) is 13.8 Å². The lowest BCUT2D eigenvalue weighted by atomic mass is 9.92. The molecule has 1 N–H and O–H groups in total. The SMILES string of the molecule is Cc1ccc(-c2cnc(C(C)C)c3c(-c4ccc(C)cc4)c(C(C)C)[nH]c23)cc1. The molecule has 2 aromatic carbocycles. The number of nitrogens with zero attached hydrogens (tertiary/aromatic N) is 1. The summed E-state index contributed by atoms with van der Waals surface area (Å²) in [5.41, 5.74) is 11.1. The van der Waals surface area contributed by atoms with Crippen LogP contribution in [0.4, 0.5) is 0 Å². The van der Waals surface area contributed by atoms with Crippen molar-refractivity contribution in [3.63, 3.8) is 0 Å². The van der Waals surface area contributed by atoms with E-state index in [4.69, 9.17) is 4.98 Å². The number of H-pyrrole nitrogens is 1. The van der Waals surface area contributed by atoms with Crippen molar-refractivity contribution in [2.75, 3.05) is 0 Å². The number of aromatic amines is 1. The van der Waals surface area contributed by atoms with E-state index in [-0.39, 0.29) is 0 Å². The standard InChI is InChI=1S/C27H30N2/c1-16(2)25-24-23(21-13-9-19(6)10-14-21)26(17(3)4)29-27(24)22(15-28-25)20-11-7-18(5)8-12-20/h7-17,29H,1-6H3. The molecule has 2 heterocycles. The summed E-state index contributed by atoms with van der Waals surface area (Å²) in [5, 5.41) is 1.27. The average molecular weight is 383 g/mol. The molecule has 0 saturated carbocycles. The number of fused-ring (bicyclic) bond motifs is 1. The molecule has 0 aliphatic heterocycles. The van der Waals surface area contributed by atoms with E-state index in [0.29, 0.717) is 11.8 Å². The number of aryl methyl sites for hydroxylation is 2. The molecule has 0 aliphatic carbocycles. The number of hydrogen-bond donors (Lipinski definition) is 1. The maximum atomic E-state index is 4.96. The summed E-state index contributed by atoms with van der Waals surface area (Å²) in [6.07, 6.45) is 2.04. The van der Waals surface area contributed by atoms with Gasteiger partial charge in [-0.05, 0) is 36.8 Å². The monoisotopic (exact) mass is 382 g/mol. The molecule has 29 heavy (non-hydrogen) atoms. The molecule has 148 valence electrons. The summed E-state index contributed by atoms with van der Waals surface area (Å²) >= 11 is 0. The van der Waals surface area contributed by atoms with Crippen LogP contribution in [0.15, 0.2) is 54.7 Å². The number of nitrogens with one attached hydrogen (secondary N) is 1. The lowest BCUT2D eigenvalue weighted by Gasteiger charge is -2.13. The zero-order valence-electron chi connectivity index (χ0n) is 18.3. The summed E-state index contributed by atoms with van der Waals surface area (Å²) in [5.74, 6) is 0.745. The Bertz CT molecular complexity index is 1140. The predicted octanol–water partition coefficient (Wildman–Crippen LogP) is 7.76. The van der Waals surface area contributed by atoms with Crippen molar-refractivity contribution in [1.29, 1.82) is 0 Å². The fraction of sp³-hybridized carbons (Fsp3) is 0.296. The van der Waals surface area contributed by atoms with Crippen molar-refractivity contribution in [3.8, 4) is 22.3 Å². The average Bonchev–Trinajstić information content (AvgIpc) is 3.09. The molecule has 4 rings (SSSR count). The molecular weight excluding hydrogens is 352 g/mol. The first-order valence-electron chi connectivity index (χ1n) is 10.5. The molecule has 2 aromatic heterocycles. The van der Waals surface area contributed by atoms with Gasteiger partial charge in [-0.2, -0.15) is 0 Å². The molecule has 0 radical (unpaired) electrons. The van der Waals surface area contributed by atoms with Crippen molar-refractivity contribution in [1.82, 2.24) is 9.97 Å². The third kappa shape index (κ3) is 3.48.